The lowest BCUT2D eigenvalue weighted by atomic mass is 10.4. The molecule has 0 aliphatic heterocycles. The molecule has 0 spiro atoms. The summed E-state index contributed by atoms with van der Waals surface area (Å²) in [5.74, 6) is 0.600. The predicted molar refractivity (Wildman–Crippen MR) is 55.0 cm³/mol. The highest BCUT2D eigenvalue weighted by Gasteiger charge is 2.10. The fraction of sp³-hybridized carbons (Fsp3) is 0.111. The summed E-state index contributed by atoms with van der Waals surface area (Å²) >= 11 is 11.8. The summed E-state index contributed by atoms with van der Waals surface area (Å²) in [5.41, 5.74) is 0.646. The van der Waals surface area contributed by atoms with Gasteiger partial charge in [0.2, 0.25) is 0 Å². The smallest absolute Gasteiger partial charge is 0.156 e. The van der Waals surface area contributed by atoms with Crippen LogP contribution < -0.4 is 0 Å². The van der Waals surface area contributed by atoms with Gasteiger partial charge in [0.25, 0.3) is 0 Å². The first-order valence-corrected chi connectivity index (χ1v) is 4.74. The summed E-state index contributed by atoms with van der Waals surface area (Å²) in [6.07, 6.45) is 2.79. The quantitative estimate of drug-likeness (QED) is 0.741. The van der Waals surface area contributed by atoms with Gasteiger partial charge in [-0.3, -0.25) is 0 Å². The topological polar surface area (TPSA) is 34.4 Å². The lowest BCUT2D eigenvalue weighted by Crippen LogP contribution is -1.94. The number of halogens is 2. The van der Waals surface area contributed by atoms with Gasteiger partial charge < -0.3 is 9.20 Å². The van der Waals surface area contributed by atoms with Gasteiger partial charge in [-0.25, -0.2) is 4.98 Å². The van der Waals surface area contributed by atoms with Gasteiger partial charge in [0.05, 0.1) is 11.4 Å². The second kappa shape index (κ2) is 3.59. The van der Waals surface area contributed by atoms with Crippen LogP contribution in [0, 0.1) is 0 Å². The van der Waals surface area contributed by atoms with Gasteiger partial charge >= 0.3 is 0 Å². The fourth-order valence-electron chi connectivity index (χ4n) is 1.33. The zero-order valence-electron chi connectivity index (χ0n) is 7.08. The van der Waals surface area contributed by atoms with Gasteiger partial charge in [0.15, 0.2) is 5.15 Å². The number of carbonyl (C=O) groups is 1. The molecule has 0 aliphatic rings. The molecule has 0 unspecified atom stereocenters. The van der Waals surface area contributed by atoms with Crippen molar-refractivity contribution in [1.82, 2.24) is 9.38 Å². The molecule has 2 heterocycles. The molecule has 2 rings (SSSR count). The molecule has 2 aromatic heterocycles. The molecule has 5 heteroatoms. The van der Waals surface area contributed by atoms with Crippen molar-refractivity contribution in [2.45, 2.75) is 6.42 Å². The Morgan fingerprint density at radius 3 is 3.00 bits per heavy atom. The van der Waals surface area contributed by atoms with Crippen LogP contribution in [-0.2, 0) is 11.2 Å². The Morgan fingerprint density at radius 1 is 1.50 bits per heavy atom. The maximum Gasteiger partial charge on any atom is 0.156 e. The second-order valence-electron chi connectivity index (χ2n) is 2.76. The first kappa shape index (κ1) is 9.49. The monoisotopic (exact) mass is 228 g/mol. The molecule has 0 amide bonds. The van der Waals surface area contributed by atoms with Crippen molar-refractivity contribution in [1.29, 1.82) is 0 Å². The van der Waals surface area contributed by atoms with Crippen LogP contribution in [0.2, 0.25) is 10.2 Å². The predicted octanol–water partition coefficient (Wildman–Crippen LogP) is 2.38. The van der Waals surface area contributed by atoms with E-state index in [9.17, 15) is 4.79 Å². The van der Waals surface area contributed by atoms with Crippen LogP contribution in [0.5, 0.6) is 0 Å². The average Bonchev–Trinajstić information content (AvgIpc) is 2.46. The number of rotatable bonds is 2. The molecule has 14 heavy (non-hydrogen) atoms. The molecule has 0 N–H and O–H groups in total. The molecule has 0 saturated heterocycles. The molecule has 0 aromatic carbocycles. The van der Waals surface area contributed by atoms with Crippen molar-refractivity contribution in [2.75, 3.05) is 0 Å². The van der Waals surface area contributed by atoms with Gasteiger partial charge in [0, 0.05) is 6.20 Å². The van der Waals surface area contributed by atoms with Gasteiger partial charge in [-0.2, -0.15) is 0 Å². The van der Waals surface area contributed by atoms with E-state index in [-0.39, 0.29) is 6.42 Å². The Hall–Kier alpha value is -1.06. The van der Waals surface area contributed by atoms with Crippen LogP contribution >= 0.6 is 23.2 Å². The number of pyridine rings is 1. The van der Waals surface area contributed by atoms with Crippen molar-refractivity contribution >= 4 is 35.0 Å². The van der Waals surface area contributed by atoms with Crippen molar-refractivity contribution in [3.8, 4) is 0 Å². The van der Waals surface area contributed by atoms with Crippen LogP contribution in [0.25, 0.3) is 5.52 Å². The minimum Gasteiger partial charge on any atom is -0.303 e. The lowest BCUT2D eigenvalue weighted by molar-refractivity contribution is -0.107. The third-order valence-electron chi connectivity index (χ3n) is 1.91. The van der Waals surface area contributed by atoms with E-state index in [2.05, 4.69) is 4.98 Å². The number of imidazole rings is 1. The van der Waals surface area contributed by atoms with Crippen LogP contribution in [-0.4, -0.2) is 15.7 Å². The average molecular weight is 229 g/mol. The Kier molecular flexibility index (Phi) is 2.44. The Labute approximate surface area is 90.3 Å². The summed E-state index contributed by atoms with van der Waals surface area (Å²) < 4.78 is 1.72. The number of hydrogen-bond donors (Lipinski definition) is 0. The van der Waals surface area contributed by atoms with E-state index in [1.807, 2.05) is 0 Å². The van der Waals surface area contributed by atoms with E-state index in [1.54, 1.807) is 22.7 Å². The van der Waals surface area contributed by atoms with Crippen molar-refractivity contribution in [3.05, 3.63) is 34.3 Å². The first-order valence-electron chi connectivity index (χ1n) is 3.98. The summed E-state index contributed by atoms with van der Waals surface area (Å²) in [7, 11) is 0. The molecule has 3 nitrogen and oxygen atoms in total. The van der Waals surface area contributed by atoms with E-state index in [4.69, 9.17) is 23.2 Å². The third-order valence-corrected chi connectivity index (χ3v) is 2.48. The maximum absolute atomic E-state index is 10.4. The van der Waals surface area contributed by atoms with Gasteiger partial charge in [0.1, 0.15) is 17.6 Å². The number of hydrogen-bond acceptors (Lipinski definition) is 2. The Morgan fingerprint density at radius 2 is 2.29 bits per heavy atom. The van der Waals surface area contributed by atoms with Gasteiger partial charge in [-0.1, -0.05) is 23.2 Å². The van der Waals surface area contributed by atoms with Crippen LogP contribution in [0.1, 0.15) is 5.82 Å². The standard InChI is InChI=1S/C9H6Cl2N2O/c10-6-2-1-4-13-7(3-5-14)12-9(11)8(6)13/h1-2,4-5H,3H2. The Bertz CT molecular complexity index is 493. The fourth-order valence-corrected chi connectivity index (χ4v) is 1.93. The van der Waals surface area contributed by atoms with Crippen LogP contribution in [0.4, 0.5) is 0 Å². The van der Waals surface area contributed by atoms with Crippen LogP contribution in [0.15, 0.2) is 18.3 Å². The zero-order chi connectivity index (χ0) is 10.1. The normalized spacial score (nSPS) is 10.7. The highest BCUT2D eigenvalue weighted by atomic mass is 35.5. The van der Waals surface area contributed by atoms with E-state index in [0.29, 0.717) is 21.5 Å². The molecule has 0 radical (unpaired) electrons. The second-order valence-corrected chi connectivity index (χ2v) is 3.53. The van der Waals surface area contributed by atoms with E-state index in [1.165, 1.54) is 0 Å². The summed E-state index contributed by atoms with van der Waals surface area (Å²) in [6.45, 7) is 0. The van der Waals surface area contributed by atoms with Gasteiger partial charge in [-0.05, 0) is 12.1 Å². The number of nitrogens with zero attached hydrogens (tertiary/aromatic N) is 2. The van der Waals surface area contributed by atoms with Crippen LogP contribution in [0.3, 0.4) is 0 Å². The maximum atomic E-state index is 10.4. The zero-order valence-corrected chi connectivity index (χ0v) is 8.59. The highest BCUT2D eigenvalue weighted by molar-refractivity contribution is 6.39. The molecule has 0 atom stereocenters. The van der Waals surface area contributed by atoms with Crippen molar-refractivity contribution in [3.63, 3.8) is 0 Å². The summed E-state index contributed by atoms with van der Waals surface area (Å²) in [4.78, 5) is 14.4. The first-order chi connectivity index (χ1) is 6.74. The highest BCUT2D eigenvalue weighted by Crippen LogP contribution is 2.25. The number of fused-ring (bicyclic) bond motifs is 1. The number of carbonyl (C=O) groups excluding carboxylic acids is 1. The molecule has 0 aliphatic carbocycles. The molecule has 2 aromatic rings. The van der Waals surface area contributed by atoms with Crippen molar-refractivity contribution < 1.29 is 4.79 Å². The largest absolute Gasteiger partial charge is 0.303 e. The molecular weight excluding hydrogens is 223 g/mol. The molecule has 0 fully saturated rings. The third kappa shape index (κ3) is 1.38. The molecular formula is C9H6Cl2N2O. The minimum atomic E-state index is 0.230. The van der Waals surface area contributed by atoms with Gasteiger partial charge in [-0.15, -0.1) is 0 Å². The summed E-state index contributed by atoms with van der Waals surface area (Å²) in [5, 5.41) is 0.856. The van der Waals surface area contributed by atoms with E-state index in [0.717, 1.165) is 6.29 Å². The number of aromatic nitrogens is 2. The van der Waals surface area contributed by atoms with E-state index >= 15 is 0 Å². The number of aldehydes is 1. The molecule has 72 valence electrons. The van der Waals surface area contributed by atoms with Crippen molar-refractivity contribution in [2.24, 2.45) is 0 Å². The van der Waals surface area contributed by atoms with E-state index < -0.39 is 0 Å². The minimum absolute atomic E-state index is 0.230. The SMILES string of the molecule is O=CCc1nc(Cl)c2c(Cl)cccn12. The molecule has 0 bridgehead atoms. The lowest BCUT2D eigenvalue weighted by Gasteiger charge is -1.97. The molecule has 0 saturated carbocycles. The summed E-state index contributed by atoms with van der Waals surface area (Å²) in [6, 6.07) is 3.51. The Balaban J connectivity index is 2.77.